The van der Waals surface area contributed by atoms with Crippen LogP contribution in [0.1, 0.15) is 102 Å². The van der Waals surface area contributed by atoms with Crippen LogP contribution < -0.4 is 4.74 Å². The maximum Gasteiger partial charge on any atom is 0.395 e. The van der Waals surface area contributed by atoms with Crippen LogP contribution in [0, 0.1) is 11.3 Å². The van der Waals surface area contributed by atoms with Crippen molar-refractivity contribution >= 4 is 5.97 Å². The van der Waals surface area contributed by atoms with E-state index in [1.165, 1.54) is 25.0 Å². The largest absolute Gasteiger partial charge is 0.497 e. The Morgan fingerprint density at radius 3 is 2.20 bits per heavy atom. The van der Waals surface area contributed by atoms with Crippen LogP contribution >= 0.6 is 0 Å². The quantitative estimate of drug-likeness (QED) is 0.219. The number of carbonyl (C=O) groups is 1. The van der Waals surface area contributed by atoms with E-state index < -0.39 is 11.6 Å². The number of benzene rings is 2. The van der Waals surface area contributed by atoms with Gasteiger partial charge in [0.15, 0.2) is 0 Å². The monoisotopic (exact) mass is 631 g/mol. The molecule has 1 saturated carbocycles. The van der Waals surface area contributed by atoms with E-state index in [4.69, 9.17) is 14.2 Å². The van der Waals surface area contributed by atoms with E-state index in [0.717, 1.165) is 56.3 Å². The first-order chi connectivity index (χ1) is 21.2. The molecular formula is C37H52F3NO4. The van der Waals surface area contributed by atoms with Gasteiger partial charge in [0.1, 0.15) is 5.75 Å². The maximum atomic E-state index is 14.1. The second-order valence-corrected chi connectivity index (χ2v) is 14.4. The molecule has 250 valence electrons. The first-order valence-electron chi connectivity index (χ1n) is 16.5. The molecule has 45 heavy (non-hydrogen) atoms. The molecule has 0 unspecified atom stereocenters. The number of hydrogen-bond donors (Lipinski definition) is 0. The first-order valence-corrected chi connectivity index (χ1v) is 16.5. The van der Waals surface area contributed by atoms with E-state index in [1.807, 2.05) is 24.0 Å². The lowest BCUT2D eigenvalue weighted by Crippen LogP contribution is -2.47. The number of hydrogen-bond acceptors (Lipinski definition) is 5. The highest BCUT2D eigenvalue weighted by atomic mass is 19.4. The van der Waals surface area contributed by atoms with Crippen LogP contribution in [0.15, 0.2) is 48.5 Å². The molecule has 2 aliphatic rings. The van der Waals surface area contributed by atoms with E-state index in [2.05, 4.69) is 50.2 Å². The summed E-state index contributed by atoms with van der Waals surface area (Å²) in [6.07, 6.45) is 1.52. The number of nitrogens with zero attached hydrogens (tertiary/aromatic N) is 1. The molecule has 2 aromatic carbocycles. The number of alkyl halides is 3. The zero-order valence-corrected chi connectivity index (χ0v) is 28.0. The van der Waals surface area contributed by atoms with Crippen LogP contribution in [-0.4, -0.2) is 56.1 Å². The fourth-order valence-electron chi connectivity index (χ4n) is 7.34. The molecule has 0 radical (unpaired) electrons. The standard InChI is InChI=1S/C37H52F3NO4/c1-7-44-33(42)30-14-12-29(13-15-30)28-10-8-27(9-11-28)24-41(26-34(2,3)37(38,39)40)22-20-36(21-23-45-35(4,5)25-36)31-16-18-32(43-6)19-17-31/h8-11,16-19,29-30H,7,12-15,20-26H2,1-6H3/t29?,30?,36-/m1/s1. The first kappa shape index (κ1) is 35.3. The van der Waals surface area contributed by atoms with Gasteiger partial charge in [0.2, 0.25) is 0 Å². The van der Waals surface area contributed by atoms with E-state index in [0.29, 0.717) is 32.2 Å². The van der Waals surface area contributed by atoms with Gasteiger partial charge in [-0.25, -0.2) is 0 Å². The zero-order chi connectivity index (χ0) is 32.9. The molecule has 0 amide bonds. The molecule has 1 atom stereocenters. The van der Waals surface area contributed by atoms with Crippen LogP contribution in [0.25, 0.3) is 0 Å². The fraction of sp³-hybridized carbons (Fsp3) is 0.649. The summed E-state index contributed by atoms with van der Waals surface area (Å²) in [5.41, 5.74) is 0.998. The van der Waals surface area contributed by atoms with Crippen LogP contribution in [0.5, 0.6) is 5.75 Å². The van der Waals surface area contributed by atoms with E-state index in [1.54, 1.807) is 7.11 Å². The van der Waals surface area contributed by atoms with Gasteiger partial charge in [-0.05, 0) is 121 Å². The third-order valence-corrected chi connectivity index (χ3v) is 10.0. The fourth-order valence-corrected chi connectivity index (χ4v) is 7.34. The Kier molecular flexibility index (Phi) is 11.3. The minimum absolute atomic E-state index is 0.0199. The van der Waals surface area contributed by atoms with Gasteiger partial charge in [0.05, 0.1) is 30.7 Å². The van der Waals surface area contributed by atoms with Crippen LogP contribution in [-0.2, 0) is 26.2 Å². The highest BCUT2D eigenvalue weighted by molar-refractivity contribution is 5.72. The van der Waals surface area contributed by atoms with Crippen LogP contribution in [0.4, 0.5) is 13.2 Å². The van der Waals surface area contributed by atoms with Crippen molar-refractivity contribution in [2.75, 3.05) is 33.4 Å². The Morgan fingerprint density at radius 2 is 1.64 bits per heavy atom. The highest BCUT2D eigenvalue weighted by Crippen LogP contribution is 2.45. The lowest BCUT2D eigenvalue weighted by Gasteiger charge is -2.46. The smallest absolute Gasteiger partial charge is 0.395 e. The molecular weight excluding hydrogens is 579 g/mol. The minimum atomic E-state index is -4.31. The Bertz CT molecular complexity index is 1230. The van der Waals surface area contributed by atoms with Gasteiger partial charge in [-0.1, -0.05) is 36.4 Å². The topological polar surface area (TPSA) is 48.0 Å². The van der Waals surface area contributed by atoms with Gasteiger partial charge < -0.3 is 14.2 Å². The van der Waals surface area contributed by atoms with E-state index >= 15 is 0 Å². The summed E-state index contributed by atoms with van der Waals surface area (Å²) >= 11 is 0. The third kappa shape index (κ3) is 9.03. The molecule has 1 heterocycles. The summed E-state index contributed by atoms with van der Waals surface area (Å²) in [4.78, 5) is 14.1. The Balaban J connectivity index is 1.51. The number of esters is 1. The molecule has 4 rings (SSSR count). The molecule has 8 heteroatoms. The summed E-state index contributed by atoms with van der Waals surface area (Å²) < 4.78 is 59.1. The Labute approximate surface area is 267 Å². The van der Waals surface area contributed by atoms with Gasteiger partial charge >= 0.3 is 12.1 Å². The van der Waals surface area contributed by atoms with Crippen LogP contribution in [0.3, 0.4) is 0 Å². The third-order valence-electron chi connectivity index (χ3n) is 10.0. The number of ether oxygens (including phenoxy) is 3. The van der Waals surface area contributed by atoms with Crippen molar-refractivity contribution in [3.63, 3.8) is 0 Å². The highest BCUT2D eigenvalue weighted by Gasteiger charge is 2.48. The summed E-state index contributed by atoms with van der Waals surface area (Å²) in [6, 6.07) is 16.5. The van der Waals surface area contributed by atoms with Crippen molar-refractivity contribution in [3.8, 4) is 5.75 Å². The van der Waals surface area contributed by atoms with Crippen molar-refractivity contribution in [3.05, 3.63) is 65.2 Å². The lowest BCUT2D eigenvalue weighted by molar-refractivity contribution is -0.217. The van der Waals surface area contributed by atoms with Gasteiger partial charge in [-0.3, -0.25) is 9.69 Å². The molecule has 0 spiro atoms. The van der Waals surface area contributed by atoms with Gasteiger partial charge in [-0.15, -0.1) is 0 Å². The van der Waals surface area contributed by atoms with Crippen molar-refractivity contribution in [2.45, 2.75) is 109 Å². The van der Waals surface area contributed by atoms with Crippen molar-refractivity contribution in [2.24, 2.45) is 11.3 Å². The average molecular weight is 632 g/mol. The molecule has 0 N–H and O–H groups in total. The summed E-state index contributed by atoms with van der Waals surface area (Å²) in [5.74, 6) is 1.05. The average Bonchev–Trinajstić information content (AvgIpc) is 2.99. The normalized spacial score (nSPS) is 24.0. The number of carbonyl (C=O) groups excluding carboxylic acids is 1. The zero-order valence-electron chi connectivity index (χ0n) is 28.0. The minimum Gasteiger partial charge on any atom is -0.497 e. The second kappa shape index (κ2) is 14.5. The van der Waals surface area contributed by atoms with Gasteiger partial charge in [0.25, 0.3) is 0 Å². The van der Waals surface area contributed by atoms with E-state index in [9.17, 15) is 18.0 Å². The van der Waals surface area contributed by atoms with Crippen molar-refractivity contribution in [1.82, 2.24) is 4.90 Å². The Morgan fingerprint density at radius 1 is 1.00 bits per heavy atom. The Hall–Kier alpha value is -2.58. The number of halogens is 3. The predicted molar refractivity (Wildman–Crippen MR) is 171 cm³/mol. The van der Waals surface area contributed by atoms with E-state index in [-0.39, 0.29) is 29.4 Å². The number of rotatable bonds is 12. The molecule has 1 aliphatic heterocycles. The molecule has 1 saturated heterocycles. The molecule has 5 nitrogen and oxygen atoms in total. The van der Waals surface area contributed by atoms with Crippen molar-refractivity contribution in [1.29, 1.82) is 0 Å². The maximum absolute atomic E-state index is 14.1. The lowest BCUT2D eigenvalue weighted by atomic mass is 9.67. The van der Waals surface area contributed by atoms with Gasteiger partial charge in [0, 0.05) is 25.1 Å². The SMILES string of the molecule is CCOC(=O)C1CCC(c2ccc(CN(CC[C@@]3(c4ccc(OC)cc4)CCOC(C)(C)C3)CC(C)(C)C(F)(F)F)cc2)CC1. The molecule has 0 bridgehead atoms. The predicted octanol–water partition coefficient (Wildman–Crippen LogP) is 8.84. The number of methoxy groups -OCH3 is 1. The molecule has 1 aliphatic carbocycles. The van der Waals surface area contributed by atoms with Crippen LogP contribution in [0.2, 0.25) is 0 Å². The summed E-state index contributed by atoms with van der Waals surface area (Å²) in [7, 11) is 1.64. The summed E-state index contributed by atoms with van der Waals surface area (Å²) in [6.45, 7) is 10.5. The summed E-state index contributed by atoms with van der Waals surface area (Å²) in [5, 5.41) is 0. The van der Waals surface area contributed by atoms with Gasteiger partial charge in [-0.2, -0.15) is 13.2 Å². The van der Waals surface area contributed by atoms with Crippen molar-refractivity contribution < 1.29 is 32.2 Å². The molecule has 0 aromatic heterocycles. The molecule has 2 fully saturated rings. The molecule has 2 aromatic rings. The second-order valence-electron chi connectivity index (χ2n) is 14.4.